The number of hydrogen-bond acceptors (Lipinski definition) is 1. The van der Waals surface area contributed by atoms with E-state index in [0.29, 0.717) is 11.5 Å². The molecule has 0 radical (unpaired) electrons. The minimum atomic E-state index is -0.750. The lowest BCUT2D eigenvalue weighted by atomic mass is 9.64. The molecule has 0 aromatic heterocycles. The molecule has 2 aliphatic rings. The zero-order chi connectivity index (χ0) is 12.8. The van der Waals surface area contributed by atoms with Crippen LogP contribution < -0.4 is 0 Å². The van der Waals surface area contributed by atoms with Crippen LogP contribution >= 0.6 is 0 Å². The SMILES string of the molecule is CC1CCCC2(C1)C(C(=O)O)=Cc1ccccc12. The summed E-state index contributed by atoms with van der Waals surface area (Å²) < 4.78 is 0. The van der Waals surface area contributed by atoms with Crippen molar-refractivity contribution in [3.05, 3.63) is 41.0 Å². The second kappa shape index (κ2) is 3.98. The van der Waals surface area contributed by atoms with Gasteiger partial charge in [-0.1, -0.05) is 44.0 Å². The van der Waals surface area contributed by atoms with Crippen molar-refractivity contribution in [2.75, 3.05) is 0 Å². The number of carbonyl (C=O) groups is 1. The summed E-state index contributed by atoms with van der Waals surface area (Å²) in [6, 6.07) is 8.16. The number of rotatable bonds is 1. The van der Waals surface area contributed by atoms with Crippen LogP contribution in [0.4, 0.5) is 0 Å². The fourth-order valence-electron chi connectivity index (χ4n) is 3.80. The predicted molar refractivity (Wildman–Crippen MR) is 71.4 cm³/mol. The van der Waals surface area contributed by atoms with Crippen molar-refractivity contribution in [2.24, 2.45) is 5.92 Å². The van der Waals surface area contributed by atoms with Crippen LogP contribution in [0.3, 0.4) is 0 Å². The Labute approximate surface area is 107 Å². The lowest BCUT2D eigenvalue weighted by Gasteiger charge is -2.39. The van der Waals surface area contributed by atoms with E-state index in [1.807, 2.05) is 24.3 Å². The van der Waals surface area contributed by atoms with Crippen LogP contribution in [0.2, 0.25) is 0 Å². The molecule has 2 heteroatoms. The van der Waals surface area contributed by atoms with Gasteiger partial charge in [-0.2, -0.15) is 0 Å². The summed E-state index contributed by atoms with van der Waals surface area (Å²) in [5, 5.41) is 9.52. The molecule has 2 aliphatic carbocycles. The molecule has 2 unspecified atom stereocenters. The molecule has 2 nitrogen and oxygen atoms in total. The van der Waals surface area contributed by atoms with E-state index < -0.39 is 5.97 Å². The standard InChI is InChI=1S/C16H18O2/c1-11-5-4-8-16(10-11)13-7-3-2-6-12(13)9-14(16)15(17)18/h2-3,6-7,9,11H,4-5,8,10H2,1H3,(H,17,18). The van der Waals surface area contributed by atoms with Gasteiger partial charge in [-0.3, -0.25) is 0 Å². The molecule has 0 heterocycles. The van der Waals surface area contributed by atoms with Crippen LogP contribution in [0.25, 0.3) is 6.08 Å². The van der Waals surface area contributed by atoms with Crippen LogP contribution in [0.5, 0.6) is 0 Å². The molecule has 1 saturated carbocycles. The molecule has 94 valence electrons. The Bertz CT molecular complexity index is 530. The number of hydrogen-bond donors (Lipinski definition) is 1. The van der Waals surface area contributed by atoms with Crippen molar-refractivity contribution >= 4 is 12.0 Å². The maximum Gasteiger partial charge on any atom is 0.332 e. The van der Waals surface area contributed by atoms with E-state index in [4.69, 9.17) is 0 Å². The molecule has 2 atom stereocenters. The highest BCUT2D eigenvalue weighted by Gasteiger charge is 2.46. The van der Waals surface area contributed by atoms with Gasteiger partial charge < -0.3 is 5.11 Å². The van der Waals surface area contributed by atoms with Crippen molar-refractivity contribution in [3.63, 3.8) is 0 Å². The summed E-state index contributed by atoms with van der Waals surface area (Å²) >= 11 is 0. The Morgan fingerprint density at radius 1 is 1.39 bits per heavy atom. The van der Waals surface area contributed by atoms with Gasteiger partial charge in [0.2, 0.25) is 0 Å². The lowest BCUT2D eigenvalue weighted by Crippen LogP contribution is -2.35. The number of carboxylic acid groups (broad SMARTS) is 1. The van der Waals surface area contributed by atoms with E-state index in [2.05, 4.69) is 13.0 Å². The van der Waals surface area contributed by atoms with E-state index in [1.54, 1.807) is 0 Å². The van der Waals surface area contributed by atoms with Crippen LogP contribution in [-0.2, 0) is 10.2 Å². The summed E-state index contributed by atoms with van der Waals surface area (Å²) in [6.45, 7) is 2.24. The first-order chi connectivity index (χ1) is 8.63. The molecular weight excluding hydrogens is 224 g/mol. The zero-order valence-electron chi connectivity index (χ0n) is 10.6. The summed E-state index contributed by atoms with van der Waals surface area (Å²) in [6.07, 6.45) is 6.18. The van der Waals surface area contributed by atoms with Gasteiger partial charge in [0, 0.05) is 11.0 Å². The average Bonchev–Trinajstić information content (AvgIpc) is 2.65. The number of carboxylic acids is 1. The summed E-state index contributed by atoms with van der Waals surface area (Å²) in [4.78, 5) is 11.6. The summed E-state index contributed by atoms with van der Waals surface area (Å²) in [7, 11) is 0. The van der Waals surface area contributed by atoms with E-state index >= 15 is 0 Å². The second-order valence-corrected chi connectivity index (χ2v) is 5.73. The van der Waals surface area contributed by atoms with Gasteiger partial charge in [-0.15, -0.1) is 0 Å². The van der Waals surface area contributed by atoms with Gasteiger partial charge in [0.25, 0.3) is 0 Å². The van der Waals surface area contributed by atoms with E-state index in [0.717, 1.165) is 24.8 Å². The number of aliphatic carboxylic acids is 1. The van der Waals surface area contributed by atoms with Crippen molar-refractivity contribution in [1.82, 2.24) is 0 Å². The molecule has 1 aromatic carbocycles. The van der Waals surface area contributed by atoms with Crippen LogP contribution in [0.1, 0.15) is 43.7 Å². The predicted octanol–water partition coefficient (Wildman–Crippen LogP) is 3.62. The first-order valence-electron chi connectivity index (χ1n) is 6.68. The Balaban J connectivity index is 2.15. The highest BCUT2D eigenvalue weighted by molar-refractivity contribution is 5.98. The third-order valence-electron chi connectivity index (χ3n) is 4.52. The van der Waals surface area contributed by atoms with Gasteiger partial charge in [0.15, 0.2) is 0 Å². The van der Waals surface area contributed by atoms with E-state index in [9.17, 15) is 9.90 Å². The first-order valence-corrected chi connectivity index (χ1v) is 6.68. The quantitative estimate of drug-likeness (QED) is 0.816. The summed E-state index contributed by atoms with van der Waals surface area (Å²) in [5.74, 6) is -0.145. The minimum Gasteiger partial charge on any atom is -0.478 e. The van der Waals surface area contributed by atoms with Gasteiger partial charge in [0.1, 0.15) is 0 Å². The summed E-state index contributed by atoms with van der Waals surface area (Å²) in [5.41, 5.74) is 2.72. The monoisotopic (exact) mass is 242 g/mol. The molecule has 1 N–H and O–H groups in total. The van der Waals surface area contributed by atoms with E-state index in [-0.39, 0.29) is 5.41 Å². The first kappa shape index (κ1) is 11.5. The van der Waals surface area contributed by atoms with Gasteiger partial charge in [-0.05, 0) is 36.0 Å². The van der Waals surface area contributed by atoms with Gasteiger partial charge >= 0.3 is 5.97 Å². The topological polar surface area (TPSA) is 37.3 Å². The Morgan fingerprint density at radius 2 is 2.17 bits per heavy atom. The molecular formula is C16H18O2. The molecule has 1 fully saturated rings. The van der Waals surface area contributed by atoms with Gasteiger partial charge in [0.05, 0.1) is 0 Å². The van der Waals surface area contributed by atoms with Gasteiger partial charge in [-0.25, -0.2) is 4.79 Å². The molecule has 3 rings (SSSR count). The second-order valence-electron chi connectivity index (χ2n) is 5.73. The fraction of sp³-hybridized carbons (Fsp3) is 0.438. The van der Waals surface area contributed by atoms with Crippen molar-refractivity contribution in [3.8, 4) is 0 Å². The molecule has 0 amide bonds. The molecule has 1 spiro atoms. The average molecular weight is 242 g/mol. The Hall–Kier alpha value is -1.57. The lowest BCUT2D eigenvalue weighted by molar-refractivity contribution is -0.133. The Kier molecular flexibility index (Phi) is 2.54. The molecule has 0 aliphatic heterocycles. The van der Waals surface area contributed by atoms with Crippen LogP contribution in [0.15, 0.2) is 29.8 Å². The third kappa shape index (κ3) is 1.52. The smallest absolute Gasteiger partial charge is 0.332 e. The minimum absolute atomic E-state index is 0.222. The van der Waals surface area contributed by atoms with Crippen molar-refractivity contribution < 1.29 is 9.90 Å². The maximum atomic E-state index is 11.6. The number of fused-ring (bicyclic) bond motifs is 2. The normalized spacial score (nSPS) is 30.1. The van der Waals surface area contributed by atoms with Crippen LogP contribution in [0, 0.1) is 5.92 Å². The Morgan fingerprint density at radius 3 is 2.89 bits per heavy atom. The van der Waals surface area contributed by atoms with E-state index in [1.165, 1.54) is 12.0 Å². The molecule has 0 saturated heterocycles. The molecule has 0 bridgehead atoms. The highest BCUT2D eigenvalue weighted by Crippen LogP contribution is 2.52. The highest BCUT2D eigenvalue weighted by atomic mass is 16.4. The molecule has 1 aromatic rings. The van der Waals surface area contributed by atoms with Crippen LogP contribution in [-0.4, -0.2) is 11.1 Å². The maximum absolute atomic E-state index is 11.6. The largest absolute Gasteiger partial charge is 0.478 e. The third-order valence-corrected chi connectivity index (χ3v) is 4.52. The molecule has 18 heavy (non-hydrogen) atoms. The zero-order valence-corrected chi connectivity index (χ0v) is 10.6. The van der Waals surface area contributed by atoms with Crippen molar-refractivity contribution in [2.45, 2.75) is 38.0 Å². The number of benzene rings is 1. The fourth-order valence-corrected chi connectivity index (χ4v) is 3.80. The van der Waals surface area contributed by atoms with Crippen molar-refractivity contribution in [1.29, 1.82) is 0 Å².